The van der Waals surface area contributed by atoms with E-state index in [0.29, 0.717) is 0 Å². The average Bonchev–Trinajstić information content (AvgIpc) is 2.20. The number of anilines is 1. The summed E-state index contributed by atoms with van der Waals surface area (Å²) in [6, 6.07) is 2.47. The van der Waals surface area contributed by atoms with Gasteiger partial charge in [-0.25, -0.2) is 8.78 Å². The van der Waals surface area contributed by atoms with Gasteiger partial charge in [-0.15, -0.1) is 0 Å². The highest BCUT2D eigenvalue weighted by Gasteiger charge is 2.12. The summed E-state index contributed by atoms with van der Waals surface area (Å²) in [6.07, 6.45) is 0. The quantitative estimate of drug-likeness (QED) is 0.697. The van der Waals surface area contributed by atoms with Gasteiger partial charge in [0.15, 0.2) is 0 Å². The summed E-state index contributed by atoms with van der Waals surface area (Å²) in [5.74, 6) is -1.60. The number of benzene rings is 1. The maximum absolute atomic E-state index is 13.1. The molecule has 0 fully saturated rings. The van der Waals surface area contributed by atoms with Crippen LogP contribution in [-0.2, 0) is 10.2 Å². The molecule has 0 unspecified atom stereocenters. The zero-order valence-electron chi connectivity index (χ0n) is 8.20. The highest BCUT2D eigenvalue weighted by atomic mass is 32.2. The first-order valence-corrected chi connectivity index (χ1v) is 5.85. The number of hydrogen-bond acceptors (Lipinski definition) is 3. The average molecular weight is 251 g/mol. The zero-order chi connectivity index (χ0) is 12.2. The predicted molar refractivity (Wildman–Crippen MR) is 56.0 cm³/mol. The molecule has 0 aliphatic rings. The van der Waals surface area contributed by atoms with E-state index in [2.05, 4.69) is 4.72 Å². The van der Waals surface area contributed by atoms with Crippen molar-refractivity contribution < 1.29 is 17.2 Å². The van der Waals surface area contributed by atoms with Crippen LogP contribution in [0.5, 0.6) is 0 Å². The van der Waals surface area contributed by atoms with Gasteiger partial charge in [0.25, 0.3) is 10.2 Å². The van der Waals surface area contributed by atoms with Crippen LogP contribution in [0.2, 0.25) is 0 Å². The minimum atomic E-state index is -3.92. The van der Waals surface area contributed by atoms with Gasteiger partial charge in [0.1, 0.15) is 11.6 Å². The predicted octanol–water partition coefficient (Wildman–Crippen LogP) is 0.170. The highest BCUT2D eigenvalue weighted by Crippen LogP contribution is 2.15. The van der Waals surface area contributed by atoms with Crippen LogP contribution in [0.4, 0.5) is 14.5 Å². The van der Waals surface area contributed by atoms with Gasteiger partial charge in [-0.05, 0) is 12.1 Å². The number of hydrogen-bond donors (Lipinski definition) is 3. The Morgan fingerprint density at radius 3 is 2.62 bits per heavy atom. The minimum absolute atomic E-state index is 0.00622. The van der Waals surface area contributed by atoms with E-state index in [4.69, 9.17) is 5.73 Å². The molecule has 0 radical (unpaired) electrons. The number of nitrogens with one attached hydrogen (secondary N) is 2. The second-order valence-corrected chi connectivity index (χ2v) is 4.41. The summed E-state index contributed by atoms with van der Waals surface area (Å²) in [6.45, 7) is 0.110. The first kappa shape index (κ1) is 12.8. The summed E-state index contributed by atoms with van der Waals surface area (Å²) in [5.41, 5.74) is 4.64. The third-order valence-corrected chi connectivity index (χ3v) is 2.68. The molecule has 1 aromatic rings. The summed E-state index contributed by atoms with van der Waals surface area (Å²) < 4.78 is 52.2. The van der Waals surface area contributed by atoms with E-state index in [9.17, 15) is 17.2 Å². The Kier molecular flexibility index (Phi) is 4.16. The van der Waals surface area contributed by atoms with Gasteiger partial charge >= 0.3 is 0 Å². The van der Waals surface area contributed by atoms with Crippen molar-refractivity contribution in [3.63, 3.8) is 0 Å². The van der Waals surface area contributed by atoms with Gasteiger partial charge < -0.3 is 5.73 Å². The van der Waals surface area contributed by atoms with Crippen molar-refractivity contribution >= 4 is 15.9 Å². The third kappa shape index (κ3) is 3.72. The molecule has 0 spiro atoms. The van der Waals surface area contributed by atoms with E-state index >= 15 is 0 Å². The van der Waals surface area contributed by atoms with Gasteiger partial charge in [-0.3, -0.25) is 4.72 Å². The SMILES string of the molecule is NCCNS(=O)(=O)Nc1cc(F)ccc1F. The molecule has 5 nitrogen and oxygen atoms in total. The van der Waals surface area contributed by atoms with Crippen molar-refractivity contribution in [2.45, 2.75) is 0 Å². The molecule has 0 aromatic heterocycles. The van der Waals surface area contributed by atoms with Crippen LogP contribution in [0.15, 0.2) is 18.2 Å². The lowest BCUT2D eigenvalue weighted by atomic mass is 10.3. The van der Waals surface area contributed by atoms with Crippen molar-refractivity contribution in [1.82, 2.24) is 4.72 Å². The van der Waals surface area contributed by atoms with Crippen LogP contribution >= 0.6 is 0 Å². The fraction of sp³-hybridized carbons (Fsp3) is 0.250. The monoisotopic (exact) mass is 251 g/mol. The largest absolute Gasteiger partial charge is 0.329 e. The molecule has 4 N–H and O–H groups in total. The molecule has 1 aromatic carbocycles. The molecule has 0 aliphatic heterocycles. The zero-order valence-corrected chi connectivity index (χ0v) is 9.02. The second-order valence-electron chi connectivity index (χ2n) is 2.91. The van der Waals surface area contributed by atoms with Crippen LogP contribution in [-0.4, -0.2) is 21.5 Å². The van der Waals surface area contributed by atoms with Crippen LogP contribution in [0, 0.1) is 11.6 Å². The summed E-state index contributed by atoms with van der Waals surface area (Å²) in [4.78, 5) is 0. The van der Waals surface area contributed by atoms with E-state index in [1.165, 1.54) is 0 Å². The molecular formula is C8H11F2N3O2S. The molecule has 0 heterocycles. The topological polar surface area (TPSA) is 84.2 Å². The van der Waals surface area contributed by atoms with Crippen LogP contribution < -0.4 is 15.2 Å². The Morgan fingerprint density at radius 1 is 1.31 bits per heavy atom. The number of halogens is 2. The Balaban J connectivity index is 2.83. The summed E-state index contributed by atoms with van der Waals surface area (Å²) in [5, 5.41) is 0. The molecule has 16 heavy (non-hydrogen) atoms. The van der Waals surface area contributed by atoms with Gasteiger partial charge in [0.05, 0.1) is 5.69 Å². The fourth-order valence-electron chi connectivity index (χ4n) is 0.950. The minimum Gasteiger partial charge on any atom is -0.329 e. The molecule has 0 aliphatic carbocycles. The van der Waals surface area contributed by atoms with Gasteiger partial charge in [-0.2, -0.15) is 13.1 Å². The lowest BCUT2D eigenvalue weighted by Crippen LogP contribution is -2.34. The lowest BCUT2D eigenvalue weighted by molar-refractivity contribution is 0.584. The number of rotatable bonds is 5. The maximum atomic E-state index is 13.1. The van der Waals surface area contributed by atoms with E-state index in [0.717, 1.165) is 18.2 Å². The van der Waals surface area contributed by atoms with E-state index in [-0.39, 0.29) is 13.1 Å². The smallest absolute Gasteiger partial charge is 0.299 e. The van der Waals surface area contributed by atoms with Crippen molar-refractivity contribution in [2.24, 2.45) is 5.73 Å². The van der Waals surface area contributed by atoms with Gasteiger partial charge in [0.2, 0.25) is 0 Å². The highest BCUT2D eigenvalue weighted by molar-refractivity contribution is 7.90. The van der Waals surface area contributed by atoms with Crippen LogP contribution in [0.3, 0.4) is 0 Å². The molecule has 0 saturated heterocycles. The Hall–Kier alpha value is -1.25. The molecule has 0 atom stereocenters. The molecule has 90 valence electrons. The van der Waals surface area contributed by atoms with Crippen molar-refractivity contribution in [1.29, 1.82) is 0 Å². The Bertz CT molecular complexity index is 464. The molecule has 0 amide bonds. The lowest BCUT2D eigenvalue weighted by Gasteiger charge is -2.09. The van der Waals surface area contributed by atoms with Crippen molar-refractivity contribution in [3.8, 4) is 0 Å². The van der Waals surface area contributed by atoms with Crippen molar-refractivity contribution in [3.05, 3.63) is 29.8 Å². The second kappa shape index (κ2) is 5.19. The maximum Gasteiger partial charge on any atom is 0.299 e. The standard InChI is InChI=1S/C8H11F2N3O2S/c9-6-1-2-7(10)8(5-6)13-16(14,15)12-4-3-11/h1-2,5,12-13H,3-4,11H2. The van der Waals surface area contributed by atoms with Gasteiger partial charge in [-0.1, -0.05) is 0 Å². The van der Waals surface area contributed by atoms with Crippen molar-refractivity contribution in [2.75, 3.05) is 17.8 Å². The van der Waals surface area contributed by atoms with E-state index in [1.54, 1.807) is 0 Å². The summed E-state index contributed by atoms with van der Waals surface area (Å²) in [7, 11) is -3.92. The number of nitrogens with two attached hydrogens (primary N) is 1. The summed E-state index contributed by atoms with van der Waals surface area (Å²) >= 11 is 0. The van der Waals surface area contributed by atoms with Crippen LogP contribution in [0.25, 0.3) is 0 Å². The third-order valence-electron chi connectivity index (χ3n) is 1.61. The molecule has 0 bridgehead atoms. The first-order chi connectivity index (χ1) is 7.44. The van der Waals surface area contributed by atoms with E-state index in [1.807, 2.05) is 4.72 Å². The van der Waals surface area contributed by atoms with Gasteiger partial charge in [0, 0.05) is 19.2 Å². The van der Waals surface area contributed by atoms with E-state index < -0.39 is 27.5 Å². The molecule has 0 saturated carbocycles. The Labute approximate surface area is 91.8 Å². The molecule has 8 heteroatoms. The molecule has 1 rings (SSSR count). The Morgan fingerprint density at radius 2 is 2.00 bits per heavy atom. The molecular weight excluding hydrogens is 240 g/mol. The first-order valence-electron chi connectivity index (χ1n) is 4.37. The van der Waals surface area contributed by atoms with Crippen LogP contribution in [0.1, 0.15) is 0 Å². The fourth-order valence-corrected chi connectivity index (χ4v) is 1.85. The normalized spacial score (nSPS) is 11.4.